The number of pyridine rings is 2. The minimum atomic E-state index is 0.00431. The van der Waals surface area contributed by atoms with Gasteiger partial charge in [0.05, 0.1) is 17.8 Å². The molecule has 1 saturated heterocycles. The van der Waals surface area contributed by atoms with Crippen LogP contribution in [0.3, 0.4) is 0 Å². The van der Waals surface area contributed by atoms with Gasteiger partial charge in [0.1, 0.15) is 5.82 Å². The van der Waals surface area contributed by atoms with Gasteiger partial charge < -0.3 is 14.8 Å². The van der Waals surface area contributed by atoms with Crippen molar-refractivity contribution in [2.45, 2.75) is 38.8 Å². The molecule has 0 amide bonds. The highest BCUT2D eigenvalue weighted by atomic mass is 32.1. The maximum atomic E-state index is 5.72. The van der Waals surface area contributed by atoms with Crippen molar-refractivity contribution in [3.8, 4) is 5.82 Å². The van der Waals surface area contributed by atoms with E-state index in [1.54, 1.807) is 0 Å². The summed E-state index contributed by atoms with van der Waals surface area (Å²) in [6, 6.07) is 14.5. The van der Waals surface area contributed by atoms with Crippen LogP contribution in [-0.4, -0.2) is 31.1 Å². The molecule has 0 aliphatic carbocycles. The van der Waals surface area contributed by atoms with E-state index in [0.717, 1.165) is 47.3 Å². The zero-order valence-electron chi connectivity index (χ0n) is 16.2. The van der Waals surface area contributed by atoms with Crippen LogP contribution in [0.4, 0.5) is 0 Å². The summed E-state index contributed by atoms with van der Waals surface area (Å²) in [7, 11) is 0. The fourth-order valence-corrected chi connectivity index (χ4v) is 4.07. The summed E-state index contributed by atoms with van der Waals surface area (Å²) in [4.78, 5) is 11.5. The third-order valence-electron chi connectivity index (χ3n) is 5.18. The van der Waals surface area contributed by atoms with Crippen molar-refractivity contribution >= 4 is 17.3 Å². The molecule has 1 N–H and O–H groups in total. The standard InChI is InChI=1S/C22H25N5S/c1-3-4-13-27-21(20(25-22(27)28)17-8-5-6-12-23-17)18-9-7-14-26(18)19-11-10-16(2)15-24-19/h5-12,14-15,20-21H,3-4,13H2,1-2H3,(H,25,28). The first-order valence-corrected chi connectivity index (χ1v) is 10.2. The van der Waals surface area contributed by atoms with Gasteiger partial charge in [0, 0.05) is 30.8 Å². The molecule has 2 atom stereocenters. The summed E-state index contributed by atoms with van der Waals surface area (Å²) in [5, 5.41) is 4.31. The van der Waals surface area contributed by atoms with Crippen molar-refractivity contribution in [1.82, 2.24) is 24.8 Å². The van der Waals surface area contributed by atoms with Crippen LogP contribution in [0, 0.1) is 6.92 Å². The lowest BCUT2D eigenvalue weighted by Crippen LogP contribution is -2.31. The van der Waals surface area contributed by atoms with Crippen LogP contribution in [0.2, 0.25) is 0 Å². The van der Waals surface area contributed by atoms with Crippen LogP contribution in [0.25, 0.3) is 5.82 Å². The zero-order chi connectivity index (χ0) is 19.5. The number of rotatable bonds is 6. The third-order valence-corrected chi connectivity index (χ3v) is 5.53. The van der Waals surface area contributed by atoms with Gasteiger partial charge in [-0.05, 0) is 61.5 Å². The van der Waals surface area contributed by atoms with E-state index in [-0.39, 0.29) is 12.1 Å². The normalized spacial score (nSPS) is 19.1. The maximum Gasteiger partial charge on any atom is 0.170 e. The lowest BCUT2D eigenvalue weighted by atomic mass is 10.0. The Kier molecular flexibility index (Phi) is 5.39. The number of aromatic nitrogens is 3. The number of unbranched alkanes of at least 4 members (excludes halogenated alkanes) is 1. The molecule has 1 fully saturated rings. The lowest BCUT2D eigenvalue weighted by molar-refractivity contribution is 0.304. The molecule has 0 aromatic carbocycles. The molecule has 3 aromatic rings. The second kappa shape index (κ2) is 8.10. The second-order valence-electron chi connectivity index (χ2n) is 7.17. The number of hydrogen-bond acceptors (Lipinski definition) is 3. The molecule has 2 unspecified atom stereocenters. The highest BCUT2D eigenvalue weighted by molar-refractivity contribution is 7.80. The molecule has 0 radical (unpaired) electrons. The Hall–Kier alpha value is -2.73. The van der Waals surface area contributed by atoms with E-state index < -0.39 is 0 Å². The number of nitrogens with one attached hydrogen (secondary N) is 1. The Morgan fingerprint density at radius 2 is 2.00 bits per heavy atom. The quantitative estimate of drug-likeness (QED) is 0.633. The average Bonchev–Trinajstić information content (AvgIpc) is 3.32. The highest BCUT2D eigenvalue weighted by Crippen LogP contribution is 2.39. The summed E-state index contributed by atoms with van der Waals surface area (Å²) in [5.41, 5.74) is 3.31. The number of nitrogens with zero attached hydrogens (tertiary/aromatic N) is 4. The van der Waals surface area contributed by atoms with Crippen LogP contribution < -0.4 is 5.32 Å². The van der Waals surface area contributed by atoms with E-state index in [1.807, 2.05) is 24.5 Å². The van der Waals surface area contributed by atoms with Gasteiger partial charge in [-0.25, -0.2) is 4.98 Å². The average molecular weight is 392 g/mol. The van der Waals surface area contributed by atoms with E-state index in [4.69, 9.17) is 12.2 Å². The third kappa shape index (κ3) is 3.52. The van der Waals surface area contributed by atoms with Crippen LogP contribution in [-0.2, 0) is 0 Å². The van der Waals surface area contributed by atoms with Gasteiger partial charge in [-0.2, -0.15) is 0 Å². The topological polar surface area (TPSA) is 46.0 Å². The Balaban J connectivity index is 1.78. The zero-order valence-corrected chi connectivity index (χ0v) is 17.1. The molecule has 5 nitrogen and oxygen atoms in total. The fraction of sp³-hybridized carbons (Fsp3) is 0.318. The van der Waals surface area contributed by atoms with E-state index in [1.165, 1.54) is 0 Å². The molecule has 144 valence electrons. The van der Waals surface area contributed by atoms with Crippen LogP contribution in [0.5, 0.6) is 0 Å². The van der Waals surface area contributed by atoms with Crippen molar-refractivity contribution in [3.63, 3.8) is 0 Å². The molecule has 28 heavy (non-hydrogen) atoms. The first-order valence-electron chi connectivity index (χ1n) is 9.77. The van der Waals surface area contributed by atoms with Crippen molar-refractivity contribution in [1.29, 1.82) is 0 Å². The van der Waals surface area contributed by atoms with Crippen molar-refractivity contribution in [2.24, 2.45) is 0 Å². The summed E-state index contributed by atoms with van der Waals surface area (Å²) in [6.07, 6.45) is 8.04. The van der Waals surface area contributed by atoms with Crippen molar-refractivity contribution in [3.05, 3.63) is 78.0 Å². The van der Waals surface area contributed by atoms with Crippen LogP contribution in [0.15, 0.2) is 61.1 Å². The lowest BCUT2D eigenvalue weighted by Gasteiger charge is -2.28. The minimum absolute atomic E-state index is 0.00431. The molecule has 3 aromatic heterocycles. The Bertz CT molecular complexity index is 935. The highest BCUT2D eigenvalue weighted by Gasteiger charge is 2.40. The van der Waals surface area contributed by atoms with Gasteiger partial charge >= 0.3 is 0 Å². The summed E-state index contributed by atoms with van der Waals surface area (Å²) in [5.74, 6) is 0.915. The van der Waals surface area contributed by atoms with Crippen molar-refractivity contribution in [2.75, 3.05) is 6.54 Å². The SMILES string of the molecule is CCCCN1C(=S)NC(c2ccccn2)C1c1cccn1-c1ccc(C)cn1. The Labute approximate surface area is 171 Å². The van der Waals surface area contributed by atoms with E-state index >= 15 is 0 Å². The van der Waals surface area contributed by atoms with Gasteiger partial charge in [0.2, 0.25) is 0 Å². The smallest absolute Gasteiger partial charge is 0.170 e. The molecule has 0 bridgehead atoms. The molecule has 1 aliphatic heterocycles. The van der Waals surface area contributed by atoms with E-state index in [2.05, 4.69) is 75.1 Å². The van der Waals surface area contributed by atoms with Crippen LogP contribution in [0.1, 0.15) is 48.8 Å². The molecule has 0 spiro atoms. The van der Waals surface area contributed by atoms with Gasteiger partial charge in [-0.3, -0.25) is 4.98 Å². The van der Waals surface area contributed by atoms with E-state index in [9.17, 15) is 0 Å². The number of aryl methyl sites for hydroxylation is 1. The monoisotopic (exact) mass is 391 g/mol. The number of thiocarbonyl (C=S) groups is 1. The minimum Gasteiger partial charge on any atom is -0.352 e. The predicted octanol–water partition coefficient (Wildman–Crippen LogP) is 4.35. The Morgan fingerprint density at radius 3 is 2.71 bits per heavy atom. The van der Waals surface area contributed by atoms with Gasteiger partial charge in [-0.1, -0.05) is 25.5 Å². The van der Waals surface area contributed by atoms with Crippen LogP contribution >= 0.6 is 12.2 Å². The largest absolute Gasteiger partial charge is 0.352 e. The second-order valence-corrected chi connectivity index (χ2v) is 7.56. The molecule has 1 aliphatic rings. The van der Waals surface area contributed by atoms with Gasteiger partial charge in [0.15, 0.2) is 5.11 Å². The van der Waals surface area contributed by atoms with Gasteiger partial charge in [-0.15, -0.1) is 0 Å². The summed E-state index contributed by atoms with van der Waals surface area (Å²) >= 11 is 5.72. The summed E-state index contributed by atoms with van der Waals surface area (Å²) in [6.45, 7) is 5.18. The molecule has 4 heterocycles. The predicted molar refractivity (Wildman–Crippen MR) is 115 cm³/mol. The molecule has 0 saturated carbocycles. The molecular weight excluding hydrogens is 366 g/mol. The van der Waals surface area contributed by atoms with Crippen molar-refractivity contribution < 1.29 is 0 Å². The molecule has 4 rings (SSSR count). The first-order chi connectivity index (χ1) is 13.7. The molecule has 6 heteroatoms. The fourth-order valence-electron chi connectivity index (χ4n) is 3.74. The van der Waals surface area contributed by atoms with E-state index in [0.29, 0.717) is 0 Å². The first kappa shape index (κ1) is 18.6. The maximum absolute atomic E-state index is 5.72. The van der Waals surface area contributed by atoms with Gasteiger partial charge in [0.25, 0.3) is 0 Å². The number of hydrogen-bond donors (Lipinski definition) is 1. The Morgan fingerprint density at radius 1 is 1.11 bits per heavy atom. The summed E-state index contributed by atoms with van der Waals surface area (Å²) < 4.78 is 2.16. The molecular formula is C22H25N5S.